The summed E-state index contributed by atoms with van der Waals surface area (Å²) in [6.07, 6.45) is -0.671. The van der Waals surface area contributed by atoms with E-state index in [2.05, 4.69) is 5.32 Å². The number of carbonyl (C=O) groups excluding carboxylic acids is 2. The Labute approximate surface area is 166 Å². The number of ether oxygens (including phenoxy) is 1. The predicted molar refractivity (Wildman–Crippen MR) is 103 cm³/mol. The highest BCUT2D eigenvalue weighted by molar-refractivity contribution is 5.82. The van der Waals surface area contributed by atoms with E-state index in [1.165, 1.54) is 0 Å². The number of hydrogen-bond donors (Lipinski definition) is 3. The first-order chi connectivity index (χ1) is 14.0. The molecule has 0 unspecified atom stereocenters. The molecule has 29 heavy (non-hydrogen) atoms. The molecule has 0 spiro atoms. The molecule has 0 saturated carbocycles. The Hall–Kier alpha value is -3.94. The summed E-state index contributed by atoms with van der Waals surface area (Å²) < 4.78 is 5.73. The number of nitrogens with zero attached hydrogens (tertiary/aromatic N) is 1. The van der Waals surface area contributed by atoms with Gasteiger partial charge in [-0.1, -0.05) is 60.7 Å². The maximum atomic E-state index is 12.6. The molecule has 8 heteroatoms. The fourth-order valence-electron chi connectivity index (χ4n) is 2.60. The molecule has 1 heterocycles. The Morgan fingerprint density at radius 1 is 0.862 bits per heavy atom. The number of aromatic nitrogens is 1. The summed E-state index contributed by atoms with van der Waals surface area (Å²) in [6.45, 7) is 0.0406. The predicted octanol–water partition coefficient (Wildman–Crippen LogP) is 2.39. The second-order valence-electron chi connectivity index (χ2n) is 6.20. The van der Waals surface area contributed by atoms with Crippen molar-refractivity contribution in [2.45, 2.75) is 19.1 Å². The van der Waals surface area contributed by atoms with Crippen LogP contribution in [0.4, 0.5) is 4.79 Å². The van der Waals surface area contributed by atoms with Crippen LogP contribution >= 0.6 is 0 Å². The molecular weight excluding hydrogens is 376 g/mol. The van der Waals surface area contributed by atoms with E-state index in [0.717, 1.165) is 23.3 Å². The lowest BCUT2D eigenvalue weighted by molar-refractivity contribution is -0.147. The van der Waals surface area contributed by atoms with E-state index in [0.29, 0.717) is 4.73 Å². The van der Waals surface area contributed by atoms with E-state index in [1.807, 2.05) is 24.3 Å². The van der Waals surface area contributed by atoms with Gasteiger partial charge in [-0.2, -0.15) is 0 Å². The Kier molecular flexibility index (Phi) is 6.36. The molecule has 1 amide bonds. The first-order valence-electron chi connectivity index (χ1n) is 8.86. The van der Waals surface area contributed by atoms with Crippen molar-refractivity contribution in [1.82, 2.24) is 10.0 Å². The molecule has 3 rings (SSSR count). The second-order valence-corrected chi connectivity index (χ2v) is 6.20. The SMILES string of the molecule is O=C(N[C@@H](Cc1ccccc1)C(=O)On1c(O)ccc1O)OCc1ccccc1. The zero-order chi connectivity index (χ0) is 20.6. The highest BCUT2D eigenvalue weighted by Crippen LogP contribution is 2.19. The summed E-state index contributed by atoms with van der Waals surface area (Å²) in [5.74, 6) is -1.80. The first-order valence-corrected chi connectivity index (χ1v) is 8.86. The van der Waals surface area contributed by atoms with Gasteiger partial charge in [0, 0.05) is 18.6 Å². The van der Waals surface area contributed by atoms with Gasteiger partial charge in [-0.25, -0.2) is 9.59 Å². The third kappa shape index (κ3) is 5.52. The van der Waals surface area contributed by atoms with Crippen LogP contribution in [0.5, 0.6) is 11.8 Å². The molecule has 0 bridgehead atoms. The van der Waals surface area contributed by atoms with E-state index in [4.69, 9.17) is 9.57 Å². The number of amides is 1. The minimum absolute atomic E-state index is 0.0406. The zero-order valence-corrected chi connectivity index (χ0v) is 15.4. The van der Waals surface area contributed by atoms with Crippen molar-refractivity contribution in [2.75, 3.05) is 0 Å². The van der Waals surface area contributed by atoms with Crippen molar-refractivity contribution in [3.63, 3.8) is 0 Å². The fourth-order valence-corrected chi connectivity index (χ4v) is 2.60. The quantitative estimate of drug-likeness (QED) is 0.566. The molecule has 0 radical (unpaired) electrons. The summed E-state index contributed by atoms with van der Waals surface area (Å²) in [4.78, 5) is 29.8. The molecule has 3 N–H and O–H groups in total. The van der Waals surface area contributed by atoms with Gasteiger partial charge in [0.25, 0.3) is 0 Å². The van der Waals surface area contributed by atoms with Crippen molar-refractivity contribution in [3.05, 3.63) is 83.9 Å². The van der Waals surface area contributed by atoms with Gasteiger partial charge in [0.15, 0.2) is 0 Å². The molecule has 0 aliphatic rings. The van der Waals surface area contributed by atoms with Crippen LogP contribution < -0.4 is 10.2 Å². The molecular formula is C21H20N2O6. The summed E-state index contributed by atoms with van der Waals surface area (Å²) >= 11 is 0. The molecule has 0 aliphatic heterocycles. The van der Waals surface area contributed by atoms with E-state index in [-0.39, 0.29) is 13.0 Å². The van der Waals surface area contributed by atoms with Crippen LogP contribution in [0.1, 0.15) is 11.1 Å². The van der Waals surface area contributed by atoms with Crippen LogP contribution in [-0.4, -0.2) is 33.0 Å². The minimum atomic E-state index is -1.11. The number of rotatable bonds is 7. The third-order valence-corrected chi connectivity index (χ3v) is 4.05. The second kappa shape index (κ2) is 9.32. The normalized spacial score (nSPS) is 11.4. The van der Waals surface area contributed by atoms with Gasteiger partial charge >= 0.3 is 12.1 Å². The van der Waals surface area contributed by atoms with E-state index < -0.39 is 29.9 Å². The summed E-state index contributed by atoms with van der Waals surface area (Å²) in [5, 5.41) is 21.8. The standard InChI is InChI=1S/C21H20N2O6/c24-18-11-12-19(25)23(18)29-20(26)17(13-15-7-3-1-4-8-15)22-21(27)28-14-16-9-5-2-6-10-16/h1-12,17,24-25H,13-14H2,(H,22,27)/t17-/m0/s1. The minimum Gasteiger partial charge on any atom is -0.492 e. The maximum Gasteiger partial charge on any atom is 0.408 e. The van der Waals surface area contributed by atoms with E-state index in [1.54, 1.807) is 36.4 Å². The summed E-state index contributed by atoms with van der Waals surface area (Å²) in [6, 6.07) is 19.3. The average Bonchev–Trinajstić information content (AvgIpc) is 3.05. The Balaban J connectivity index is 1.68. The number of benzene rings is 2. The lowest BCUT2D eigenvalue weighted by Crippen LogP contribution is -2.46. The molecule has 8 nitrogen and oxygen atoms in total. The van der Waals surface area contributed by atoms with Crippen LogP contribution in [0.3, 0.4) is 0 Å². The van der Waals surface area contributed by atoms with Crippen LogP contribution in [0, 0.1) is 0 Å². The number of aromatic hydroxyl groups is 2. The number of carbonyl (C=O) groups is 2. The van der Waals surface area contributed by atoms with Crippen LogP contribution in [0.25, 0.3) is 0 Å². The lowest BCUT2D eigenvalue weighted by Gasteiger charge is -2.18. The zero-order valence-electron chi connectivity index (χ0n) is 15.4. The van der Waals surface area contributed by atoms with E-state index >= 15 is 0 Å². The van der Waals surface area contributed by atoms with Gasteiger partial charge in [-0.3, -0.25) is 0 Å². The van der Waals surface area contributed by atoms with Gasteiger partial charge in [0.05, 0.1) is 0 Å². The molecule has 150 valence electrons. The van der Waals surface area contributed by atoms with Gasteiger partial charge in [-0.15, -0.1) is 4.73 Å². The van der Waals surface area contributed by atoms with Crippen molar-refractivity contribution in [1.29, 1.82) is 0 Å². The highest BCUT2D eigenvalue weighted by atomic mass is 16.7. The average molecular weight is 396 g/mol. The molecule has 1 atom stereocenters. The van der Waals surface area contributed by atoms with Crippen LogP contribution in [-0.2, 0) is 22.6 Å². The van der Waals surface area contributed by atoms with Crippen LogP contribution in [0.15, 0.2) is 72.8 Å². The smallest absolute Gasteiger partial charge is 0.408 e. The summed E-state index contributed by atoms with van der Waals surface area (Å²) in [7, 11) is 0. The molecule has 2 aromatic carbocycles. The fraction of sp³-hybridized carbons (Fsp3) is 0.143. The molecule has 0 saturated heterocycles. The van der Waals surface area contributed by atoms with Crippen molar-refractivity contribution < 1.29 is 29.4 Å². The highest BCUT2D eigenvalue weighted by Gasteiger charge is 2.26. The van der Waals surface area contributed by atoms with Crippen molar-refractivity contribution in [2.24, 2.45) is 0 Å². The molecule has 0 fully saturated rings. The number of nitrogens with one attached hydrogen (secondary N) is 1. The molecule has 1 aromatic heterocycles. The van der Waals surface area contributed by atoms with Crippen molar-refractivity contribution >= 4 is 12.1 Å². The topological polar surface area (TPSA) is 110 Å². The Morgan fingerprint density at radius 2 is 1.41 bits per heavy atom. The number of alkyl carbamates (subject to hydrolysis) is 1. The van der Waals surface area contributed by atoms with Gasteiger partial charge in [0.2, 0.25) is 11.8 Å². The van der Waals surface area contributed by atoms with Gasteiger partial charge < -0.3 is 25.1 Å². The Morgan fingerprint density at radius 3 is 2.00 bits per heavy atom. The number of hydrogen-bond acceptors (Lipinski definition) is 6. The maximum absolute atomic E-state index is 12.6. The van der Waals surface area contributed by atoms with Crippen molar-refractivity contribution in [3.8, 4) is 11.8 Å². The van der Waals surface area contributed by atoms with E-state index in [9.17, 15) is 19.8 Å². The molecule has 3 aromatic rings. The third-order valence-electron chi connectivity index (χ3n) is 4.05. The van der Waals surface area contributed by atoms with Gasteiger partial charge in [-0.05, 0) is 11.1 Å². The monoisotopic (exact) mass is 396 g/mol. The van der Waals surface area contributed by atoms with Gasteiger partial charge in [0.1, 0.15) is 12.6 Å². The molecule has 0 aliphatic carbocycles. The largest absolute Gasteiger partial charge is 0.492 e. The lowest BCUT2D eigenvalue weighted by atomic mass is 10.1. The van der Waals surface area contributed by atoms with Crippen LogP contribution in [0.2, 0.25) is 0 Å². The Bertz CT molecular complexity index is 936. The first kappa shape index (κ1) is 19.8. The summed E-state index contributed by atoms with van der Waals surface area (Å²) in [5.41, 5.74) is 1.57.